The van der Waals surface area contributed by atoms with E-state index in [0.29, 0.717) is 32.7 Å². The van der Waals surface area contributed by atoms with E-state index in [1.165, 1.54) is 0 Å². The van der Waals surface area contributed by atoms with Gasteiger partial charge < -0.3 is 19.1 Å². The molecule has 1 aromatic carbocycles. The van der Waals surface area contributed by atoms with E-state index in [-0.39, 0.29) is 11.8 Å². The standard InChI is InChI=1S/C19H25N3O4/c1-21-11-14(10-20-21)12-22(6-7-24-2)19(23)16-8-15-4-5-17(25-3)9-18(15)26-13-16/h4-5,9-11,16H,6-8,12-13H2,1-3H3. The molecule has 0 bridgehead atoms. The van der Waals surface area contributed by atoms with Crippen molar-refractivity contribution in [3.8, 4) is 11.5 Å². The number of aryl methyl sites for hydroxylation is 1. The zero-order chi connectivity index (χ0) is 18.5. The van der Waals surface area contributed by atoms with Gasteiger partial charge in [0, 0.05) is 45.1 Å². The number of ether oxygens (including phenoxy) is 3. The molecule has 2 aromatic rings. The van der Waals surface area contributed by atoms with E-state index in [2.05, 4.69) is 5.10 Å². The Morgan fingerprint density at radius 2 is 2.27 bits per heavy atom. The molecule has 0 aliphatic carbocycles. The van der Waals surface area contributed by atoms with Crippen LogP contribution in [0.2, 0.25) is 0 Å². The Morgan fingerprint density at radius 1 is 1.42 bits per heavy atom. The van der Waals surface area contributed by atoms with E-state index < -0.39 is 0 Å². The first-order valence-corrected chi connectivity index (χ1v) is 8.65. The fourth-order valence-electron chi connectivity index (χ4n) is 3.14. The van der Waals surface area contributed by atoms with Gasteiger partial charge in [-0.2, -0.15) is 5.10 Å². The van der Waals surface area contributed by atoms with Gasteiger partial charge in [-0.15, -0.1) is 0 Å². The molecule has 2 heterocycles. The van der Waals surface area contributed by atoms with Gasteiger partial charge >= 0.3 is 0 Å². The van der Waals surface area contributed by atoms with Crippen LogP contribution in [-0.2, 0) is 29.5 Å². The average Bonchev–Trinajstić information content (AvgIpc) is 3.08. The highest BCUT2D eigenvalue weighted by atomic mass is 16.5. The van der Waals surface area contributed by atoms with E-state index in [0.717, 1.165) is 22.6 Å². The Hall–Kier alpha value is -2.54. The number of fused-ring (bicyclic) bond motifs is 1. The molecule has 1 unspecified atom stereocenters. The summed E-state index contributed by atoms with van der Waals surface area (Å²) in [6.45, 7) is 1.92. The number of carbonyl (C=O) groups excluding carboxylic acids is 1. The number of carbonyl (C=O) groups is 1. The van der Waals surface area contributed by atoms with Crippen molar-refractivity contribution < 1.29 is 19.0 Å². The Balaban J connectivity index is 1.71. The van der Waals surface area contributed by atoms with Crippen molar-refractivity contribution in [2.24, 2.45) is 13.0 Å². The molecule has 1 amide bonds. The summed E-state index contributed by atoms with van der Waals surface area (Å²) in [5.74, 6) is 1.42. The minimum atomic E-state index is -0.204. The first-order chi connectivity index (χ1) is 12.6. The van der Waals surface area contributed by atoms with Crippen LogP contribution in [0.3, 0.4) is 0 Å². The lowest BCUT2D eigenvalue weighted by atomic mass is 9.95. The van der Waals surface area contributed by atoms with Gasteiger partial charge in [-0.25, -0.2) is 0 Å². The normalized spacial score (nSPS) is 15.9. The summed E-state index contributed by atoms with van der Waals surface area (Å²) in [6, 6.07) is 5.73. The van der Waals surface area contributed by atoms with Crippen LogP contribution in [0, 0.1) is 5.92 Å². The van der Waals surface area contributed by atoms with Crippen LogP contribution in [0.1, 0.15) is 11.1 Å². The van der Waals surface area contributed by atoms with Crippen molar-refractivity contribution in [3.05, 3.63) is 41.7 Å². The Bertz CT molecular complexity index is 759. The molecule has 0 spiro atoms. The molecule has 140 valence electrons. The molecular formula is C19H25N3O4. The largest absolute Gasteiger partial charge is 0.497 e. The summed E-state index contributed by atoms with van der Waals surface area (Å²) >= 11 is 0. The fourth-order valence-corrected chi connectivity index (χ4v) is 3.14. The average molecular weight is 359 g/mol. The zero-order valence-electron chi connectivity index (χ0n) is 15.5. The molecule has 0 saturated heterocycles. The molecular weight excluding hydrogens is 334 g/mol. The van der Waals surface area contributed by atoms with Gasteiger partial charge in [0.25, 0.3) is 0 Å². The predicted molar refractivity (Wildman–Crippen MR) is 96.2 cm³/mol. The minimum absolute atomic E-state index is 0.0763. The van der Waals surface area contributed by atoms with Crippen molar-refractivity contribution in [2.45, 2.75) is 13.0 Å². The zero-order valence-corrected chi connectivity index (χ0v) is 15.5. The van der Waals surface area contributed by atoms with E-state index in [1.54, 1.807) is 25.1 Å². The van der Waals surface area contributed by atoms with E-state index >= 15 is 0 Å². The smallest absolute Gasteiger partial charge is 0.229 e. The number of aromatic nitrogens is 2. The van der Waals surface area contributed by atoms with Crippen molar-refractivity contribution in [2.75, 3.05) is 34.0 Å². The first-order valence-electron chi connectivity index (χ1n) is 8.65. The van der Waals surface area contributed by atoms with Crippen LogP contribution in [0.25, 0.3) is 0 Å². The van der Waals surface area contributed by atoms with Crippen molar-refractivity contribution in [3.63, 3.8) is 0 Å². The van der Waals surface area contributed by atoms with Crippen molar-refractivity contribution in [1.82, 2.24) is 14.7 Å². The van der Waals surface area contributed by atoms with Crippen molar-refractivity contribution >= 4 is 5.91 Å². The maximum absolute atomic E-state index is 13.1. The second-order valence-corrected chi connectivity index (χ2v) is 6.46. The molecule has 0 saturated carbocycles. The minimum Gasteiger partial charge on any atom is -0.497 e. The monoisotopic (exact) mass is 359 g/mol. The Labute approximate surface area is 153 Å². The summed E-state index contributed by atoms with van der Waals surface area (Å²) in [6.07, 6.45) is 4.37. The summed E-state index contributed by atoms with van der Waals surface area (Å²) in [7, 11) is 5.13. The third-order valence-corrected chi connectivity index (χ3v) is 4.54. The number of nitrogens with zero attached hydrogens (tertiary/aromatic N) is 3. The third kappa shape index (κ3) is 4.16. The maximum Gasteiger partial charge on any atom is 0.229 e. The van der Waals surface area contributed by atoms with Crippen LogP contribution in [0.4, 0.5) is 0 Å². The van der Waals surface area contributed by atoms with Gasteiger partial charge in [-0.1, -0.05) is 6.07 Å². The molecule has 1 aromatic heterocycles. The number of rotatable bonds is 7. The Morgan fingerprint density at radius 3 is 2.96 bits per heavy atom. The second-order valence-electron chi connectivity index (χ2n) is 6.46. The fraction of sp³-hybridized carbons (Fsp3) is 0.474. The molecule has 26 heavy (non-hydrogen) atoms. The Kier molecular flexibility index (Phi) is 5.78. The predicted octanol–water partition coefficient (Wildman–Crippen LogP) is 1.65. The number of benzene rings is 1. The SMILES string of the molecule is COCCN(Cc1cnn(C)c1)C(=O)C1COc2cc(OC)ccc2C1. The van der Waals surface area contributed by atoms with Gasteiger partial charge in [0.2, 0.25) is 5.91 Å². The molecule has 1 aliphatic heterocycles. The van der Waals surface area contributed by atoms with Gasteiger partial charge in [-0.05, 0) is 18.1 Å². The second kappa shape index (κ2) is 8.23. The summed E-state index contributed by atoms with van der Waals surface area (Å²) in [5.41, 5.74) is 2.03. The molecule has 0 N–H and O–H groups in total. The van der Waals surface area contributed by atoms with Crippen molar-refractivity contribution in [1.29, 1.82) is 0 Å². The highest BCUT2D eigenvalue weighted by Gasteiger charge is 2.30. The highest BCUT2D eigenvalue weighted by Crippen LogP contribution is 2.31. The molecule has 1 aliphatic rings. The van der Waals surface area contributed by atoms with Crippen LogP contribution >= 0.6 is 0 Å². The number of hydrogen-bond acceptors (Lipinski definition) is 5. The summed E-state index contributed by atoms with van der Waals surface area (Å²) in [4.78, 5) is 14.9. The molecule has 3 rings (SSSR count). The van der Waals surface area contributed by atoms with Gasteiger partial charge in [-0.3, -0.25) is 9.48 Å². The topological polar surface area (TPSA) is 65.8 Å². The molecule has 7 heteroatoms. The molecule has 1 atom stereocenters. The van der Waals surface area contributed by atoms with Gasteiger partial charge in [0.05, 0.1) is 25.8 Å². The summed E-state index contributed by atoms with van der Waals surface area (Å²) < 4.78 is 18.0. The van der Waals surface area contributed by atoms with Gasteiger partial charge in [0.1, 0.15) is 18.1 Å². The van der Waals surface area contributed by atoms with Crippen LogP contribution in [-0.4, -0.2) is 54.6 Å². The molecule has 0 radical (unpaired) electrons. The quantitative estimate of drug-likeness (QED) is 0.752. The highest BCUT2D eigenvalue weighted by molar-refractivity contribution is 5.80. The third-order valence-electron chi connectivity index (χ3n) is 4.54. The lowest BCUT2D eigenvalue weighted by molar-refractivity contribution is -0.138. The maximum atomic E-state index is 13.1. The summed E-state index contributed by atoms with van der Waals surface area (Å²) in [5, 5.41) is 4.18. The first kappa shape index (κ1) is 18.3. The van der Waals surface area contributed by atoms with Crippen LogP contribution in [0.15, 0.2) is 30.6 Å². The lowest BCUT2D eigenvalue weighted by Crippen LogP contribution is -2.41. The van der Waals surface area contributed by atoms with Crippen LogP contribution in [0.5, 0.6) is 11.5 Å². The number of amides is 1. The van der Waals surface area contributed by atoms with E-state index in [1.807, 2.05) is 36.3 Å². The van der Waals surface area contributed by atoms with Crippen LogP contribution < -0.4 is 9.47 Å². The van der Waals surface area contributed by atoms with E-state index in [4.69, 9.17) is 14.2 Å². The lowest BCUT2D eigenvalue weighted by Gasteiger charge is -2.30. The van der Waals surface area contributed by atoms with E-state index in [9.17, 15) is 4.79 Å². The molecule has 0 fully saturated rings. The number of methoxy groups -OCH3 is 2. The van der Waals surface area contributed by atoms with Gasteiger partial charge in [0.15, 0.2) is 0 Å². The molecule has 7 nitrogen and oxygen atoms in total. The number of hydrogen-bond donors (Lipinski definition) is 0.